The number of rotatable bonds is 3. The number of carbonyl (C=O) groups is 1. The molecule has 3 N–H and O–H groups in total. The van der Waals surface area contributed by atoms with E-state index in [2.05, 4.69) is 12.2 Å². The van der Waals surface area contributed by atoms with E-state index in [-0.39, 0.29) is 0 Å². The monoisotopic (exact) mass is 181 g/mol. The van der Waals surface area contributed by atoms with Crippen molar-refractivity contribution >= 4 is 5.97 Å². The summed E-state index contributed by atoms with van der Waals surface area (Å²) in [5, 5.41) is 8.63. The van der Waals surface area contributed by atoms with Gasteiger partial charge in [0.2, 0.25) is 0 Å². The molecule has 0 aromatic rings. The number of nitrogens with two attached hydrogens (primary N) is 1. The van der Waals surface area contributed by atoms with Crippen LogP contribution in [-0.4, -0.2) is 17.1 Å². The first kappa shape index (κ1) is 9.99. The van der Waals surface area contributed by atoms with Crippen LogP contribution in [0.4, 0.5) is 0 Å². The van der Waals surface area contributed by atoms with Crippen molar-refractivity contribution in [1.82, 2.24) is 0 Å². The first-order chi connectivity index (χ1) is 6.11. The van der Waals surface area contributed by atoms with Gasteiger partial charge in [0.25, 0.3) is 0 Å². The molecule has 0 saturated carbocycles. The zero-order valence-electron chi connectivity index (χ0n) is 7.79. The molecule has 0 aromatic heterocycles. The number of allylic oxidation sites excluding steroid dienone is 3. The Labute approximate surface area is 77.9 Å². The van der Waals surface area contributed by atoms with Gasteiger partial charge in [-0.3, -0.25) is 4.79 Å². The van der Waals surface area contributed by atoms with E-state index in [1.807, 2.05) is 6.92 Å². The maximum Gasteiger partial charge on any atom is 0.320 e. The van der Waals surface area contributed by atoms with Crippen LogP contribution in [0.1, 0.15) is 26.2 Å². The normalized spacial score (nSPS) is 18.9. The third kappa shape index (κ3) is 2.70. The van der Waals surface area contributed by atoms with E-state index >= 15 is 0 Å². The summed E-state index contributed by atoms with van der Waals surface area (Å²) in [5.41, 5.74) is 7.70. The van der Waals surface area contributed by atoms with Gasteiger partial charge in [0, 0.05) is 0 Å². The van der Waals surface area contributed by atoms with Crippen molar-refractivity contribution in [1.29, 1.82) is 0 Å². The molecule has 0 aliphatic heterocycles. The molecule has 0 radical (unpaired) electrons. The Morgan fingerprint density at radius 3 is 2.77 bits per heavy atom. The summed E-state index contributed by atoms with van der Waals surface area (Å²) < 4.78 is 0. The van der Waals surface area contributed by atoms with Crippen molar-refractivity contribution in [3.05, 3.63) is 23.3 Å². The van der Waals surface area contributed by atoms with Crippen molar-refractivity contribution < 1.29 is 9.90 Å². The van der Waals surface area contributed by atoms with E-state index < -0.39 is 12.0 Å². The fraction of sp³-hybridized carbons (Fsp3) is 0.500. The summed E-state index contributed by atoms with van der Waals surface area (Å²) in [6.07, 6.45) is 6.70. The van der Waals surface area contributed by atoms with Crippen LogP contribution >= 0.6 is 0 Å². The van der Waals surface area contributed by atoms with E-state index in [0.717, 1.165) is 18.4 Å². The lowest BCUT2D eigenvalue weighted by Gasteiger charge is -2.14. The third-order valence-electron chi connectivity index (χ3n) is 2.27. The minimum absolute atomic E-state index is 0.442. The van der Waals surface area contributed by atoms with Gasteiger partial charge in [-0.05, 0) is 31.8 Å². The predicted molar refractivity (Wildman–Crippen MR) is 51.3 cm³/mol. The lowest BCUT2D eigenvalue weighted by atomic mass is 9.94. The molecule has 3 nitrogen and oxygen atoms in total. The zero-order valence-corrected chi connectivity index (χ0v) is 7.79. The van der Waals surface area contributed by atoms with Crippen molar-refractivity contribution in [2.75, 3.05) is 0 Å². The minimum atomic E-state index is -0.931. The highest BCUT2D eigenvalue weighted by molar-refractivity contribution is 5.73. The first-order valence-electron chi connectivity index (χ1n) is 4.46. The van der Waals surface area contributed by atoms with E-state index in [9.17, 15) is 4.79 Å². The van der Waals surface area contributed by atoms with Gasteiger partial charge in [-0.1, -0.05) is 17.7 Å². The molecule has 0 fully saturated rings. The molecule has 0 amide bonds. The molecule has 1 rings (SSSR count). The second-order valence-corrected chi connectivity index (χ2v) is 3.34. The van der Waals surface area contributed by atoms with E-state index in [4.69, 9.17) is 10.8 Å². The van der Waals surface area contributed by atoms with Gasteiger partial charge in [-0.15, -0.1) is 0 Å². The van der Waals surface area contributed by atoms with Gasteiger partial charge in [-0.25, -0.2) is 0 Å². The standard InChI is InChI=1S/C10H15NO2/c1-7-4-2-3-5-8(7)6-9(11)10(12)13/h4-5,9H,2-3,6,11H2,1H3,(H,12,13). The molecule has 0 saturated heterocycles. The van der Waals surface area contributed by atoms with E-state index in [1.54, 1.807) is 0 Å². The largest absolute Gasteiger partial charge is 0.480 e. The van der Waals surface area contributed by atoms with Crippen molar-refractivity contribution in [3.63, 3.8) is 0 Å². The average Bonchev–Trinajstić information content (AvgIpc) is 2.08. The summed E-state index contributed by atoms with van der Waals surface area (Å²) >= 11 is 0. The summed E-state index contributed by atoms with van der Waals surface area (Å²) in [6.45, 7) is 2.00. The molecular weight excluding hydrogens is 166 g/mol. The van der Waals surface area contributed by atoms with Crippen LogP contribution in [0.3, 0.4) is 0 Å². The Morgan fingerprint density at radius 2 is 2.23 bits per heavy atom. The number of carboxylic acid groups (broad SMARTS) is 1. The van der Waals surface area contributed by atoms with Crippen LogP contribution in [-0.2, 0) is 4.79 Å². The summed E-state index contributed by atoms with van der Waals surface area (Å²) in [5.74, 6) is -0.931. The Morgan fingerprint density at radius 1 is 1.62 bits per heavy atom. The molecule has 0 bridgehead atoms. The van der Waals surface area contributed by atoms with Crippen LogP contribution in [0.5, 0.6) is 0 Å². The van der Waals surface area contributed by atoms with Gasteiger partial charge in [0.1, 0.15) is 6.04 Å². The number of aliphatic carboxylic acids is 1. The smallest absolute Gasteiger partial charge is 0.320 e. The molecule has 0 heterocycles. The highest BCUT2D eigenvalue weighted by atomic mass is 16.4. The van der Waals surface area contributed by atoms with Gasteiger partial charge >= 0.3 is 5.97 Å². The molecule has 0 aromatic carbocycles. The van der Waals surface area contributed by atoms with Gasteiger partial charge in [0.05, 0.1) is 0 Å². The molecular formula is C10H15NO2. The van der Waals surface area contributed by atoms with E-state index in [0.29, 0.717) is 6.42 Å². The van der Waals surface area contributed by atoms with Crippen LogP contribution in [0.25, 0.3) is 0 Å². The highest BCUT2D eigenvalue weighted by Crippen LogP contribution is 2.21. The number of carboxylic acids is 1. The molecule has 72 valence electrons. The predicted octanol–water partition coefficient (Wildman–Crippen LogP) is 1.45. The van der Waals surface area contributed by atoms with Crippen molar-refractivity contribution in [2.45, 2.75) is 32.2 Å². The van der Waals surface area contributed by atoms with Crippen LogP contribution in [0.2, 0.25) is 0 Å². The molecule has 1 aliphatic carbocycles. The molecule has 0 spiro atoms. The maximum atomic E-state index is 10.5. The van der Waals surface area contributed by atoms with E-state index in [1.165, 1.54) is 5.57 Å². The van der Waals surface area contributed by atoms with Gasteiger partial charge in [-0.2, -0.15) is 0 Å². The second kappa shape index (κ2) is 4.23. The Bertz CT molecular complexity index is 266. The Balaban J connectivity index is 2.58. The van der Waals surface area contributed by atoms with Crippen LogP contribution < -0.4 is 5.73 Å². The van der Waals surface area contributed by atoms with Crippen molar-refractivity contribution in [2.24, 2.45) is 5.73 Å². The quantitative estimate of drug-likeness (QED) is 0.692. The first-order valence-corrected chi connectivity index (χ1v) is 4.46. The number of hydrogen-bond acceptors (Lipinski definition) is 2. The minimum Gasteiger partial charge on any atom is -0.480 e. The van der Waals surface area contributed by atoms with Crippen molar-refractivity contribution in [3.8, 4) is 0 Å². The van der Waals surface area contributed by atoms with Crippen LogP contribution in [0, 0.1) is 0 Å². The third-order valence-corrected chi connectivity index (χ3v) is 2.27. The van der Waals surface area contributed by atoms with Crippen LogP contribution in [0.15, 0.2) is 23.3 Å². The molecule has 1 atom stereocenters. The van der Waals surface area contributed by atoms with Gasteiger partial charge < -0.3 is 10.8 Å². The maximum absolute atomic E-state index is 10.5. The fourth-order valence-electron chi connectivity index (χ4n) is 1.42. The molecule has 13 heavy (non-hydrogen) atoms. The van der Waals surface area contributed by atoms with Gasteiger partial charge in [0.15, 0.2) is 0 Å². The lowest BCUT2D eigenvalue weighted by Crippen LogP contribution is -2.30. The lowest BCUT2D eigenvalue weighted by molar-refractivity contribution is -0.138. The summed E-state index contributed by atoms with van der Waals surface area (Å²) in [7, 11) is 0. The Kier molecular flexibility index (Phi) is 3.25. The zero-order chi connectivity index (χ0) is 9.84. The number of hydrogen-bond donors (Lipinski definition) is 2. The highest BCUT2D eigenvalue weighted by Gasteiger charge is 2.15. The SMILES string of the molecule is CC1=CCCC=C1CC(N)C(=O)O. The average molecular weight is 181 g/mol. The summed E-state index contributed by atoms with van der Waals surface area (Å²) in [4.78, 5) is 10.5. The fourth-order valence-corrected chi connectivity index (χ4v) is 1.42. The molecule has 3 heteroatoms. The second-order valence-electron chi connectivity index (χ2n) is 3.34. The molecule has 1 unspecified atom stereocenters. The summed E-state index contributed by atoms with van der Waals surface area (Å²) in [6, 6.07) is -0.771. The topological polar surface area (TPSA) is 63.3 Å². The molecule has 1 aliphatic rings. The Hall–Kier alpha value is -1.09.